The number of nitrogens with zero attached hydrogens (tertiary/aromatic N) is 3. The highest BCUT2D eigenvalue weighted by atomic mass is 16.5. The molecule has 1 aliphatic rings. The van der Waals surface area contributed by atoms with Crippen LogP contribution in [0.2, 0.25) is 0 Å². The van der Waals surface area contributed by atoms with Gasteiger partial charge in [0.2, 0.25) is 0 Å². The van der Waals surface area contributed by atoms with Crippen molar-refractivity contribution in [2.24, 2.45) is 0 Å². The van der Waals surface area contributed by atoms with Crippen molar-refractivity contribution in [1.82, 2.24) is 14.7 Å². The second-order valence-electron chi connectivity index (χ2n) is 8.00. The van der Waals surface area contributed by atoms with E-state index in [1.807, 2.05) is 80.2 Å². The standard InChI is InChI=1S/C25H29N3O3/c1-18-23(19(2)28(26-18)20-10-5-4-6-11-20)16-27(3)25(29)22-13-7-8-14-24(22)31-17-21-12-9-15-30-21/h4-8,10-11,13-14,21H,9,12,15-17H2,1-3H3. The molecule has 1 atom stereocenters. The van der Waals surface area contributed by atoms with Crippen LogP contribution in [-0.4, -0.2) is 47.0 Å². The molecule has 31 heavy (non-hydrogen) atoms. The number of hydrogen-bond acceptors (Lipinski definition) is 4. The first-order chi connectivity index (χ1) is 15.0. The largest absolute Gasteiger partial charge is 0.490 e. The molecule has 0 aliphatic carbocycles. The minimum absolute atomic E-state index is 0.0748. The molecular weight excluding hydrogens is 390 g/mol. The Hall–Kier alpha value is -3.12. The third kappa shape index (κ3) is 4.64. The number of amides is 1. The Morgan fingerprint density at radius 2 is 1.90 bits per heavy atom. The smallest absolute Gasteiger partial charge is 0.257 e. The monoisotopic (exact) mass is 419 g/mol. The number of hydrogen-bond donors (Lipinski definition) is 0. The Kier molecular flexibility index (Phi) is 6.37. The molecule has 4 rings (SSSR count). The van der Waals surface area contributed by atoms with E-state index in [2.05, 4.69) is 0 Å². The van der Waals surface area contributed by atoms with E-state index in [4.69, 9.17) is 14.6 Å². The van der Waals surface area contributed by atoms with Crippen molar-refractivity contribution >= 4 is 5.91 Å². The van der Waals surface area contributed by atoms with Crippen LogP contribution >= 0.6 is 0 Å². The molecule has 1 amide bonds. The number of carbonyl (C=O) groups excluding carboxylic acids is 1. The maximum absolute atomic E-state index is 13.3. The van der Waals surface area contributed by atoms with Crippen LogP contribution < -0.4 is 4.74 Å². The number of benzene rings is 2. The Morgan fingerprint density at radius 3 is 2.65 bits per heavy atom. The van der Waals surface area contributed by atoms with Crippen molar-refractivity contribution in [3.05, 3.63) is 77.1 Å². The fourth-order valence-electron chi connectivity index (χ4n) is 3.97. The third-order valence-electron chi connectivity index (χ3n) is 5.75. The van der Waals surface area contributed by atoms with Gasteiger partial charge < -0.3 is 14.4 Å². The van der Waals surface area contributed by atoms with E-state index in [0.717, 1.165) is 42.1 Å². The zero-order valence-corrected chi connectivity index (χ0v) is 18.4. The lowest BCUT2D eigenvalue weighted by Gasteiger charge is -2.20. The normalized spacial score (nSPS) is 15.8. The summed E-state index contributed by atoms with van der Waals surface area (Å²) >= 11 is 0. The number of ether oxygens (including phenoxy) is 2. The summed E-state index contributed by atoms with van der Waals surface area (Å²) in [7, 11) is 1.82. The average molecular weight is 420 g/mol. The maximum Gasteiger partial charge on any atom is 0.257 e. The van der Waals surface area contributed by atoms with Crippen LogP contribution in [0.4, 0.5) is 0 Å². The molecule has 2 aromatic carbocycles. The molecule has 6 heteroatoms. The van der Waals surface area contributed by atoms with Crippen molar-refractivity contribution in [3.8, 4) is 11.4 Å². The van der Waals surface area contributed by atoms with Crippen molar-refractivity contribution in [2.75, 3.05) is 20.3 Å². The maximum atomic E-state index is 13.3. The molecule has 0 N–H and O–H groups in total. The minimum atomic E-state index is -0.0748. The summed E-state index contributed by atoms with van der Waals surface area (Å²) in [5, 5.41) is 4.70. The number of rotatable bonds is 7. The lowest BCUT2D eigenvalue weighted by Crippen LogP contribution is -2.27. The summed E-state index contributed by atoms with van der Waals surface area (Å²) < 4.78 is 13.5. The average Bonchev–Trinajstić information content (AvgIpc) is 3.41. The van der Waals surface area contributed by atoms with E-state index < -0.39 is 0 Å². The Labute approximate surface area is 183 Å². The quantitative estimate of drug-likeness (QED) is 0.572. The molecule has 2 heterocycles. The van der Waals surface area contributed by atoms with Crippen LogP contribution in [0.1, 0.15) is 40.2 Å². The van der Waals surface area contributed by atoms with E-state index in [1.165, 1.54) is 0 Å². The highest BCUT2D eigenvalue weighted by molar-refractivity contribution is 5.96. The van der Waals surface area contributed by atoms with E-state index in [9.17, 15) is 4.79 Å². The Bertz CT molecular complexity index is 1040. The molecule has 162 valence electrons. The summed E-state index contributed by atoms with van der Waals surface area (Å²) in [5.41, 5.74) is 4.58. The third-order valence-corrected chi connectivity index (χ3v) is 5.75. The second-order valence-corrected chi connectivity index (χ2v) is 8.00. The van der Waals surface area contributed by atoms with Gasteiger partial charge in [-0.15, -0.1) is 0 Å². The van der Waals surface area contributed by atoms with Gasteiger partial charge in [0.05, 0.1) is 23.0 Å². The topological polar surface area (TPSA) is 56.6 Å². The van der Waals surface area contributed by atoms with Crippen molar-refractivity contribution in [1.29, 1.82) is 0 Å². The summed E-state index contributed by atoms with van der Waals surface area (Å²) in [6.45, 7) is 5.75. The van der Waals surface area contributed by atoms with Crippen LogP contribution in [0.5, 0.6) is 5.75 Å². The van der Waals surface area contributed by atoms with Crippen LogP contribution in [0.15, 0.2) is 54.6 Å². The van der Waals surface area contributed by atoms with Gasteiger partial charge in [0.15, 0.2) is 0 Å². The van der Waals surface area contributed by atoms with Gasteiger partial charge in [0.1, 0.15) is 12.4 Å². The molecule has 0 radical (unpaired) electrons. The molecule has 1 unspecified atom stereocenters. The Balaban J connectivity index is 1.50. The van der Waals surface area contributed by atoms with E-state index in [-0.39, 0.29) is 12.0 Å². The molecule has 1 aliphatic heterocycles. The SMILES string of the molecule is Cc1nn(-c2ccccc2)c(C)c1CN(C)C(=O)c1ccccc1OCC1CCCO1. The van der Waals surface area contributed by atoms with Crippen LogP contribution in [0.3, 0.4) is 0 Å². The lowest BCUT2D eigenvalue weighted by molar-refractivity contribution is 0.0656. The zero-order chi connectivity index (χ0) is 21.8. The van der Waals surface area contributed by atoms with E-state index >= 15 is 0 Å². The summed E-state index contributed by atoms with van der Waals surface area (Å²) in [6, 6.07) is 17.4. The molecule has 1 fully saturated rings. The summed E-state index contributed by atoms with van der Waals surface area (Å²) in [4.78, 5) is 15.0. The predicted octanol–water partition coefficient (Wildman–Crippen LogP) is 4.32. The molecule has 1 aromatic heterocycles. The first-order valence-corrected chi connectivity index (χ1v) is 10.7. The molecule has 6 nitrogen and oxygen atoms in total. The Morgan fingerprint density at radius 1 is 1.16 bits per heavy atom. The fourth-order valence-corrected chi connectivity index (χ4v) is 3.97. The van der Waals surface area contributed by atoms with Gasteiger partial charge in [-0.3, -0.25) is 4.79 Å². The lowest BCUT2D eigenvalue weighted by atomic mass is 10.1. The highest BCUT2D eigenvalue weighted by Gasteiger charge is 2.22. The minimum Gasteiger partial charge on any atom is -0.490 e. The first kappa shape index (κ1) is 21.1. The van der Waals surface area contributed by atoms with Gasteiger partial charge in [-0.1, -0.05) is 30.3 Å². The van der Waals surface area contributed by atoms with Crippen LogP contribution in [-0.2, 0) is 11.3 Å². The number of para-hydroxylation sites is 2. The number of carbonyl (C=O) groups is 1. The van der Waals surface area contributed by atoms with E-state index in [1.54, 1.807) is 4.90 Å². The zero-order valence-electron chi connectivity index (χ0n) is 18.4. The van der Waals surface area contributed by atoms with Crippen LogP contribution in [0, 0.1) is 13.8 Å². The number of aryl methyl sites for hydroxylation is 1. The van der Waals surface area contributed by atoms with Gasteiger partial charge in [0.25, 0.3) is 5.91 Å². The van der Waals surface area contributed by atoms with Gasteiger partial charge in [-0.25, -0.2) is 4.68 Å². The molecule has 0 saturated carbocycles. The first-order valence-electron chi connectivity index (χ1n) is 10.7. The molecular formula is C25H29N3O3. The molecule has 0 bridgehead atoms. The second kappa shape index (κ2) is 9.35. The summed E-state index contributed by atoms with van der Waals surface area (Å²) in [5.74, 6) is 0.525. The molecule has 1 saturated heterocycles. The number of aromatic nitrogens is 2. The molecule has 0 spiro atoms. The fraction of sp³-hybridized carbons (Fsp3) is 0.360. The van der Waals surface area contributed by atoms with Gasteiger partial charge in [-0.2, -0.15) is 5.10 Å². The van der Waals surface area contributed by atoms with Crippen molar-refractivity contribution < 1.29 is 14.3 Å². The highest BCUT2D eigenvalue weighted by Crippen LogP contribution is 2.24. The van der Waals surface area contributed by atoms with Crippen molar-refractivity contribution in [3.63, 3.8) is 0 Å². The summed E-state index contributed by atoms with van der Waals surface area (Å²) in [6.07, 6.45) is 2.17. The van der Waals surface area contributed by atoms with Gasteiger partial charge in [-0.05, 0) is 51.0 Å². The van der Waals surface area contributed by atoms with Crippen molar-refractivity contribution in [2.45, 2.75) is 39.3 Å². The van der Waals surface area contributed by atoms with Crippen LogP contribution in [0.25, 0.3) is 5.69 Å². The van der Waals surface area contributed by atoms with Gasteiger partial charge in [0, 0.05) is 31.5 Å². The predicted molar refractivity (Wildman–Crippen MR) is 120 cm³/mol. The van der Waals surface area contributed by atoms with E-state index in [0.29, 0.717) is 24.5 Å². The molecule has 3 aromatic rings. The van der Waals surface area contributed by atoms with Gasteiger partial charge >= 0.3 is 0 Å².